The number of amides is 4. The van der Waals surface area contributed by atoms with Gasteiger partial charge >= 0.3 is 11.8 Å². The molecule has 1 aliphatic rings. The number of rotatable bonds is 10. The maximum Gasteiger partial charge on any atom is 0.309 e. The minimum Gasteiger partial charge on any atom is -0.377 e. The lowest BCUT2D eigenvalue weighted by atomic mass is 9.95. The molecule has 1 rings (SSSR count). The molecule has 0 saturated carbocycles. The van der Waals surface area contributed by atoms with Crippen molar-refractivity contribution in [1.29, 1.82) is 0 Å². The molecule has 3 unspecified atom stereocenters. The van der Waals surface area contributed by atoms with Crippen LogP contribution in [0, 0.1) is 11.8 Å². The van der Waals surface area contributed by atoms with Gasteiger partial charge in [-0.3, -0.25) is 24.0 Å². The molecular weight excluding hydrogens is 356 g/mol. The van der Waals surface area contributed by atoms with Crippen LogP contribution in [0.4, 0.5) is 0 Å². The van der Waals surface area contributed by atoms with Crippen LogP contribution in [0.25, 0.3) is 0 Å². The van der Waals surface area contributed by atoms with Crippen molar-refractivity contribution in [2.45, 2.75) is 45.2 Å². The molecule has 5 N–H and O–H groups in total. The number of Topliss-reactive ketones (excluding diaryl/α,β-unsaturated/α-hetero) is 1. The van der Waals surface area contributed by atoms with Crippen LogP contribution in [0.1, 0.15) is 33.1 Å². The van der Waals surface area contributed by atoms with Gasteiger partial charge in [-0.15, -0.1) is 0 Å². The van der Waals surface area contributed by atoms with E-state index in [1.165, 1.54) is 7.11 Å². The van der Waals surface area contributed by atoms with Gasteiger partial charge in [-0.25, -0.2) is 0 Å². The molecule has 0 radical (unpaired) electrons. The van der Waals surface area contributed by atoms with Gasteiger partial charge in [0.2, 0.25) is 11.8 Å². The quantitative estimate of drug-likeness (QED) is 0.327. The molecule has 10 nitrogen and oxygen atoms in total. The smallest absolute Gasteiger partial charge is 0.309 e. The van der Waals surface area contributed by atoms with Gasteiger partial charge in [0.05, 0.1) is 6.04 Å². The number of nitrogens with two attached hydrogens (primary N) is 1. The van der Waals surface area contributed by atoms with Crippen LogP contribution in [-0.4, -0.2) is 61.8 Å². The van der Waals surface area contributed by atoms with E-state index in [1.807, 2.05) is 13.8 Å². The number of hydrogen-bond donors (Lipinski definition) is 4. The second kappa shape index (κ2) is 10.6. The Morgan fingerprint density at radius 3 is 2.37 bits per heavy atom. The molecule has 0 aliphatic carbocycles. The highest BCUT2D eigenvalue weighted by molar-refractivity contribution is 6.34. The van der Waals surface area contributed by atoms with Crippen LogP contribution in [0.3, 0.4) is 0 Å². The zero-order chi connectivity index (χ0) is 20.6. The number of ether oxygens (including phenoxy) is 1. The fraction of sp³-hybridized carbons (Fsp3) is 0.706. The molecule has 27 heavy (non-hydrogen) atoms. The van der Waals surface area contributed by atoms with E-state index in [4.69, 9.17) is 10.5 Å². The van der Waals surface area contributed by atoms with Gasteiger partial charge in [-0.05, 0) is 25.2 Å². The van der Waals surface area contributed by atoms with Crippen LogP contribution in [0.2, 0.25) is 0 Å². The highest BCUT2D eigenvalue weighted by atomic mass is 16.5. The molecule has 0 aromatic carbocycles. The van der Waals surface area contributed by atoms with Gasteiger partial charge in [0.1, 0.15) is 12.6 Å². The average Bonchev–Trinajstić information content (AvgIpc) is 2.98. The Morgan fingerprint density at radius 2 is 1.89 bits per heavy atom. The van der Waals surface area contributed by atoms with Crippen molar-refractivity contribution in [3.05, 3.63) is 0 Å². The minimum absolute atomic E-state index is 0.0302. The van der Waals surface area contributed by atoms with E-state index in [0.717, 1.165) is 0 Å². The largest absolute Gasteiger partial charge is 0.377 e. The number of carbonyl (C=O) groups is 5. The Balaban J connectivity index is 2.88. The van der Waals surface area contributed by atoms with Crippen LogP contribution >= 0.6 is 0 Å². The molecule has 1 aliphatic heterocycles. The van der Waals surface area contributed by atoms with Gasteiger partial charge in [0.15, 0.2) is 5.78 Å². The Bertz CT molecular complexity index is 592. The fourth-order valence-corrected chi connectivity index (χ4v) is 2.87. The summed E-state index contributed by atoms with van der Waals surface area (Å²) >= 11 is 0. The Morgan fingerprint density at radius 1 is 1.22 bits per heavy atom. The van der Waals surface area contributed by atoms with Gasteiger partial charge in [-0.2, -0.15) is 0 Å². The highest BCUT2D eigenvalue weighted by Gasteiger charge is 2.33. The Labute approximate surface area is 157 Å². The molecule has 1 heterocycles. The van der Waals surface area contributed by atoms with Crippen LogP contribution < -0.4 is 21.7 Å². The van der Waals surface area contributed by atoms with Gasteiger partial charge in [-0.1, -0.05) is 13.8 Å². The summed E-state index contributed by atoms with van der Waals surface area (Å²) in [4.78, 5) is 59.3. The van der Waals surface area contributed by atoms with E-state index in [1.54, 1.807) is 0 Å². The van der Waals surface area contributed by atoms with Crippen molar-refractivity contribution in [1.82, 2.24) is 16.0 Å². The van der Waals surface area contributed by atoms with Crippen molar-refractivity contribution < 1.29 is 28.7 Å². The zero-order valence-electron chi connectivity index (χ0n) is 15.9. The summed E-state index contributed by atoms with van der Waals surface area (Å²) in [6, 6.07) is -1.97. The molecule has 1 saturated heterocycles. The SMILES string of the molecule is COCC(=O)C(CC1CCNC1=O)NC(=O)C(CC(C)C)NC(=O)C(N)=O. The van der Waals surface area contributed by atoms with E-state index in [2.05, 4.69) is 16.0 Å². The van der Waals surface area contributed by atoms with Crippen molar-refractivity contribution in [2.75, 3.05) is 20.3 Å². The first-order chi connectivity index (χ1) is 12.6. The number of methoxy groups -OCH3 is 1. The van der Waals surface area contributed by atoms with Crippen molar-refractivity contribution in [3.8, 4) is 0 Å². The molecule has 10 heteroatoms. The van der Waals surface area contributed by atoms with Gasteiger partial charge in [0, 0.05) is 19.6 Å². The number of ketones is 1. The molecule has 4 amide bonds. The molecule has 152 valence electrons. The zero-order valence-corrected chi connectivity index (χ0v) is 15.9. The summed E-state index contributed by atoms with van der Waals surface area (Å²) in [7, 11) is 1.35. The van der Waals surface area contributed by atoms with Crippen molar-refractivity contribution >= 4 is 29.4 Å². The number of carbonyl (C=O) groups excluding carboxylic acids is 5. The highest BCUT2D eigenvalue weighted by Crippen LogP contribution is 2.17. The predicted molar refractivity (Wildman–Crippen MR) is 95.1 cm³/mol. The number of nitrogens with one attached hydrogen (secondary N) is 3. The Kier molecular flexibility index (Phi) is 8.86. The maximum atomic E-state index is 12.6. The van der Waals surface area contributed by atoms with Crippen molar-refractivity contribution in [2.24, 2.45) is 17.6 Å². The minimum atomic E-state index is -1.20. The summed E-state index contributed by atoms with van der Waals surface area (Å²) in [5, 5.41) is 7.55. The number of primary amides is 1. The molecule has 0 spiro atoms. The lowest BCUT2D eigenvalue weighted by molar-refractivity contribution is -0.139. The van der Waals surface area contributed by atoms with E-state index in [9.17, 15) is 24.0 Å². The molecule has 3 atom stereocenters. The predicted octanol–water partition coefficient (Wildman–Crippen LogP) is -1.77. The van der Waals surface area contributed by atoms with Crippen LogP contribution in [0.5, 0.6) is 0 Å². The molecule has 0 bridgehead atoms. The van der Waals surface area contributed by atoms with Crippen LogP contribution in [0.15, 0.2) is 0 Å². The summed E-state index contributed by atoms with van der Waals surface area (Å²) in [6.45, 7) is 3.98. The Hall–Kier alpha value is -2.49. The lowest BCUT2D eigenvalue weighted by Gasteiger charge is -2.24. The maximum absolute atomic E-state index is 12.6. The summed E-state index contributed by atoms with van der Waals surface area (Å²) in [5.74, 6) is -3.80. The summed E-state index contributed by atoms with van der Waals surface area (Å²) < 4.78 is 4.85. The average molecular weight is 384 g/mol. The first-order valence-corrected chi connectivity index (χ1v) is 8.85. The summed E-state index contributed by atoms with van der Waals surface area (Å²) in [6.07, 6.45) is 0.956. The first-order valence-electron chi connectivity index (χ1n) is 8.85. The topological polar surface area (TPSA) is 157 Å². The lowest BCUT2D eigenvalue weighted by Crippen LogP contribution is -2.54. The van der Waals surface area contributed by atoms with Crippen LogP contribution in [-0.2, 0) is 28.7 Å². The second-order valence-electron chi connectivity index (χ2n) is 6.99. The third-order valence-corrected chi connectivity index (χ3v) is 4.23. The molecular formula is C17H28N4O6. The monoisotopic (exact) mass is 384 g/mol. The second-order valence-corrected chi connectivity index (χ2v) is 6.99. The number of hydrogen-bond acceptors (Lipinski definition) is 6. The van der Waals surface area contributed by atoms with Gasteiger partial charge < -0.3 is 26.4 Å². The molecule has 0 aromatic rings. The normalized spacial score (nSPS) is 18.5. The first kappa shape index (κ1) is 22.6. The van der Waals surface area contributed by atoms with Gasteiger partial charge in [0.25, 0.3) is 0 Å². The summed E-state index contributed by atoms with van der Waals surface area (Å²) in [5.41, 5.74) is 4.93. The third kappa shape index (κ3) is 7.33. The van der Waals surface area contributed by atoms with E-state index >= 15 is 0 Å². The third-order valence-electron chi connectivity index (χ3n) is 4.23. The standard InChI is InChI=1S/C17H28N4O6/c1-9(2)6-12(21-17(26)14(18)23)16(25)20-11(13(22)8-27-3)7-10-4-5-19-15(10)24/h9-12H,4-8H2,1-3H3,(H2,18,23)(H,19,24)(H,20,25)(H,21,26). The van der Waals surface area contributed by atoms with E-state index in [0.29, 0.717) is 13.0 Å². The fourth-order valence-electron chi connectivity index (χ4n) is 2.87. The van der Waals surface area contributed by atoms with E-state index < -0.39 is 29.8 Å². The molecule has 1 fully saturated rings. The molecule has 0 aromatic heterocycles. The van der Waals surface area contributed by atoms with Crippen molar-refractivity contribution in [3.63, 3.8) is 0 Å². The van der Waals surface area contributed by atoms with E-state index in [-0.39, 0.29) is 43.0 Å².